The molecular formula is C24H18ClNO2S2. The zero-order valence-electron chi connectivity index (χ0n) is 15.9. The van der Waals surface area contributed by atoms with Crippen molar-refractivity contribution < 1.29 is 9.90 Å². The minimum absolute atomic E-state index is 0.117. The minimum atomic E-state index is -0.148. The predicted octanol–water partition coefficient (Wildman–Crippen LogP) is 6.04. The number of benzene rings is 3. The molecule has 1 N–H and O–H groups in total. The third-order valence-electron chi connectivity index (χ3n) is 4.79. The fraction of sp³-hybridized carbons (Fsp3) is 0.0833. The van der Waals surface area contributed by atoms with Crippen molar-refractivity contribution in [3.63, 3.8) is 0 Å². The van der Waals surface area contributed by atoms with Crippen molar-refractivity contribution in [1.82, 2.24) is 4.90 Å². The molecule has 3 aromatic carbocycles. The van der Waals surface area contributed by atoms with Gasteiger partial charge in [0.15, 0.2) is 0 Å². The number of rotatable bonds is 5. The summed E-state index contributed by atoms with van der Waals surface area (Å²) in [6.07, 6.45) is 2.34. The Balaban J connectivity index is 1.57. The van der Waals surface area contributed by atoms with Crippen LogP contribution in [-0.4, -0.2) is 20.2 Å². The maximum absolute atomic E-state index is 12.9. The van der Waals surface area contributed by atoms with E-state index >= 15 is 0 Å². The van der Waals surface area contributed by atoms with Crippen LogP contribution in [0, 0.1) is 0 Å². The Morgan fingerprint density at radius 1 is 1.00 bits per heavy atom. The lowest BCUT2D eigenvalue weighted by Gasteiger charge is -2.14. The fourth-order valence-electron chi connectivity index (χ4n) is 3.23. The summed E-state index contributed by atoms with van der Waals surface area (Å²) in [6.45, 7) is 0.432. The molecule has 1 aliphatic heterocycles. The topological polar surface area (TPSA) is 40.5 Å². The predicted molar refractivity (Wildman–Crippen MR) is 128 cm³/mol. The number of hydrogen-bond donors (Lipinski definition) is 1. The molecule has 1 heterocycles. The van der Waals surface area contributed by atoms with E-state index in [1.165, 1.54) is 11.8 Å². The molecule has 150 valence electrons. The fourth-order valence-corrected chi connectivity index (χ4v) is 4.68. The highest BCUT2D eigenvalue weighted by atomic mass is 35.5. The molecule has 0 saturated carbocycles. The number of nitrogens with zero attached hydrogens (tertiary/aromatic N) is 1. The second-order valence-electron chi connectivity index (χ2n) is 6.91. The van der Waals surface area contributed by atoms with Gasteiger partial charge < -0.3 is 5.11 Å². The molecule has 0 radical (unpaired) electrons. The molecule has 0 bridgehead atoms. The number of phenols is 1. The number of aromatic hydroxyl groups is 1. The van der Waals surface area contributed by atoms with Crippen LogP contribution in [0.1, 0.15) is 22.3 Å². The highest BCUT2D eigenvalue weighted by Crippen LogP contribution is 2.35. The first-order valence-electron chi connectivity index (χ1n) is 9.36. The van der Waals surface area contributed by atoms with Crippen molar-refractivity contribution in [2.24, 2.45) is 0 Å². The van der Waals surface area contributed by atoms with E-state index in [4.69, 9.17) is 23.8 Å². The first-order chi connectivity index (χ1) is 14.5. The monoisotopic (exact) mass is 451 g/mol. The van der Waals surface area contributed by atoms with Gasteiger partial charge in [0.1, 0.15) is 10.1 Å². The Morgan fingerprint density at radius 2 is 1.73 bits per heavy atom. The summed E-state index contributed by atoms with van der Waals surface area (Å²) < 4.78 is 0.516. The molecule has 0 aromatic heterocycles. The van der Waals surface area contributed by atoms with Crippen LogP contribution in [0.2, 0.25) is 5.02 Å². The van der Waals surface area contributed by atoms with E-state index < -0.39 is 0 Å². The number of carbonyl (C=O) groups excluding carboxylic acids is 1. The van der Waals surface area contributed by atoms with Gasteiger partial charge in [-0.3, -0.25) is 9.69 Å². The van der Waals surface area contributed by atoms with Gasteiger partial charge in [0.2, 0.25) is 0 Å². The summed E-state index contributed by atoms with van der Waals surface area (Å²) >= 11 is 12.9. The van der Waals surface area contributed by atoms with E-state index in [0.29, 0.717) is 32.8 Å². The third kappa shape index (κ3) is 4.59. The largest absolute Gasteiger partial charge is 0.507 e. The summed E-state index contributed by atoms with van der Waals surface area (Å²) in [6, 6.07) is 22.8. The molecule has 0 unspecified atom stereocenters. The molecule has 1 amide bonds. The maximum Gasteiger partial charge on any atom is 0.266 e. The molecule has 0 atom stereocenters. The average Bonchev–Trinajstić information content (AvgIpc) is 3.00. The first-order valence-corrected chi connectivity index (χ1v) is 11.0. The van der Waals surface area contributed by atoms with Crippen molar-refractivity contribution in [1.29, 1.82) is 0 Å². The number of thioether (sulfide) groups is 1. The number of halogens is 1. The number of phenolic OH excluding ortho intramolecular Hbond substituents is 1. The number of hydrogen-bond acceptors (Lipinski definition) is 4. The summed E-state index contributed by atoms with van der Waals surface area (Å²) in [5, 5.41) is 11.0. The number of amides is 1. The number of thiocarbonyl (C=S) groups is 1. The molecule has 4 rings (SSSR count). The van der Waals surface area contributed by atoms with Crippen LogP contribution in [0.15, 0.2) is 77.7 Å². The van der Waals surface area contributed by atoms with Crippen LogP contribution in [0.3, 0.4) is 0 Å². The van der Waals surface area contributed by atoms with E-state index in [2.05, 4.69) is 0 Å². The summed E-state index contributed by atoms with van der Waals surface area (Å²) in [5.41, 5.74) is 3.59. The van der Waals surface area contributed by atoms with Gasteiger partial charge in [0, 0.05) is 10.6 Å². The van der Waals surface area contributed by atoms with Gasteiger partial charge in [-0.05, 0) is 47.4 Å². The molecule has 1 fully saturated rings. The molecular weight excluding hydrogens is 434 g/mol. The highest BCUT2D eigenvalue weighted by Gasteiger charge is 2.32. The second-order valence-corrected chi connectivity index (χ2v) is 9.00. The maximum atomic E-state index is 12.9. The van der Waals surface area contributed by atoms with Crippen molar-refractivity contribution in [3.8, 4) is 5.75 Å². The molecule has 1 saturated heterocycles. The Morgan fingerprint density at radius 3 is 2.50 bits per heavy atom. The van der Waals surface area contributed by atoms with E-state index in [1.807, 2.05) is 66.7 Å². The average molecular weight is 452 g/mol. The Kier molecular flexibility index (Phi) is 6.23. The smallest absolute Gasteiger partial charge is 0.266 e. The standard InChI is InChI=1S/C24H18ClNO2S2/c25-20-9-5-4-8-18(20)12-17-10-11-21(27)19(13-17)14-22-23(28)26(24(29)30-22)15-16-6-2-1-3-7-16/h1-11,13-14,27H,12,15H2/b22-14-. The van der Waals surface area contributed by atoms with E-state index in [9.17, 15) is 9.90 Å². The summed E-state index contributed by atoms with van der Waals surface area (Å²) in [4.78, 5) is 15.0. The SMILES string of the molecule is O=C1/C(=C/c2cc(Cc3ccccc3Cl)ccc2O)SC(=S)N1Cc1ccccc1. The van der Waals surface area contributed by atoms with Crippen LogP contribution in [0.25, 0.3) is 6.08 Å². The zero-order chi connectivity index (χ0) is 21.1. The van der Waals surface area contributed by atoms with Crippen molar-refractivity contribution in [2.45, 2.75) is 13.0 Å². The van der Waals surface area contributed by atoms with E-state index in [1.54, 1.807) is 17.0 Å². The van der Waals surface area contributed by atoms with Crippen molar-refractivity contribution in [2.75, 3.05) is 0 Å². The van der Waals surface area contributed by atoms with Crippen LogP contribution >= 0.6 is 35.6 Å². The van der Waals surface area contributed by atoms with Crippen molar-refractivity contribution in [3.05, 3.63) is 105 Å². The lowest BCUT2D eigenvalue weighted by molar-refractivity contribution is -0.122. The highest BCUT2D eigenvalue weighted by molar-refractivity contribution is 8.26. The lowest BCUT2D eigenvalue weighted by Crippen LogP contribution is -2.27. The van der Waals surface area contributed by atoms with Gasteiger partial charge in [-0.2, -0.15) is 0 Å². The summed E-state index contributed by atoms with van der Waals surface area (Å²) in [7, 11) is 0. The molecule has 0 aliphatic carbocycles. The van der Waals surface area contributed by atoms with Gasteiger partial charge in [-0.15, -0.1) is 0 Å². The van der Waals surface area contributed by atoms with Gasteiger partial charge >= 0.3 is 0 Å². The van der Waals surface area contributed by atoms with Crippen LogP contribution in [0.5, 0.6) is 5.75 Å². The molecule has 3 nitrogen and oxygen atoms in total. The normalized spacial score (nSPS) is 15.2. The van der Waals surface area contributed by atoms with E-state index in [0.717, 1.165) is 16.7 Å². The number of carbonyl (C=O) groups is 1. The Bertz CT molecular complexity index is 1140. The molecule has 3 aromatic rings. The second kappa shape index (κ2) is 9.04. The van der Waals surface area contributed by atoms with Crippen LogP contribution in [0.4, 0.5) is 0 Å². The summed E-state index contributed by atoms with van der Waals surface area (Å²) in [5.74, 6) is -0.0315. The minimum Gasteiger partial charge on any atom is -0.507 e. The van der Waals surface area contributed by atoms with Gasteiger partial charge in [0.25, 0.3) is 5.91 Å². The van der Waals surface area contributed by atoms with Gasteiger partial charge in [0.05, 0.1) is 11.4 Å². The van der Waals surface area contributed by atoms with Crippen LogP contribution < -0.4 is 0 Å². The van der Waals surface area contributed by atoms with Crippen molar-refractivity contribution >= 4 is 51.9 Å². The van der Waals surface area contributed by atoms with Gasteiger partial charge in [-0.1, -0.05) is 90.2 Å². The molecule has 6 heteroatoms. The Labute approximate surface area is 190 Å². The first kappa shape index (κ1) is 20.7. The lowest BCUT2D eigenvalue weighted by atomic mass is 10.0. The Hall–Kier alpha value is -2.60. The third-order valence-corrected chi connectivity index (χ3v) is 6.53. The molecule has 30 heavy (non-hydrogen) atoms. The molecule has 1 aliphatic rings. The quantitative estimate of drug-likeness (QED) is 0.379. The van der Waals surface area contributed by atoms with Gasteiger partial charge in [-0.25, -0.2) is 0 Å². The van der Waals surface area contributed by atoms with E-state index in [-0.39, 0.29) is 11.7 Å². The molecule has 0 spiro atoms. The van der Waals surface area contributed by atoms with Crippen LogP contribution in [-0.2, 0) is 17.8 Å². The zero-order valence-corrected chi connectivity index (χ0v) is 18.3.